The van der Waals surface area contributed by atoms with Crippen LogP contribution in [0.25, 0.3) is 0 Å². The molecule has 3 nitrogen and oxygen atoms in total. The van der Waals surface area contributed by atoms with E-state index in [9.17, 15) is 0 Å². The fourth-order valence-corrected chi connectivity index (χ4v) is 2.34. The third kappa shape index (κ3) is 4.97. The van der Waals surface area contributed by atoms with Crippen LogP contribution in [-0.2, 0) is 4.74 Å². The Labute approximate surface area is 127 Å². The van der Waals surface area contributed by atoms with E-state index in [2.05, 4.69) is 26.1 Å². The normalized spacial score (nSPS) is 13.3. The van der Waals surface area contributed by atoms with E-state index >= 15 is 0 Å². The number of rotatable bonds is 8. The van der Waals surface area contributed by atoms with E-state index in [4.69, 9.17) is 21.1 Å². The minimum Gasteiger partial charge on any atom is -0.496 e. The number of methoxy groups -OCH3 is 2. The van der Waals surface area contributed by atoms with Gasteiger partial charge in [-0.1, -0.05) is 18.5 Å². The van der Waals surface area contributed by atoms with Gasteiger partial charge in [0.05, 0.1) is 12.7 Å². The second-order valence-corrected chi connectivity index (χ2v) is 6.00. The van der Waals surface area contributed by atoms with Crippen molar-refractivity contribution in [1.82, 2.24) is 5.32 Å². The van der Waals surface area contributed by atoms with Gasteiger partial charge in [0, 0.05) is 23.7 Å². The Morgan fingerprint density at radius 2 is 2.00 bits per heavy atom. The van der Waals surface area contributed by atoms with E-state index in [1.165, 1.54) is 0 Å². The molecule has 0 spiro atoms. The zero-order chi connectivity index (χ0) is 15.2. The molecule has 1 N–H and O–H groups in total. The van der Waals surface area contributed by atoms with Gasteiger partial charge in [0.15, 0.2) is 0 Å². The minimum atomic E-state index is -0.210. The highest BCUT2D eigenvalue weighted by molar-refractivity contribution is 6.30. The van der Waals surface area contributed by atoms with Crippen molar-refractivity contribution in [2.24, 2.45) is 0 Å². The van der Waals surface area contributed by atoms with E-state index in [1.807, 2.05) is 18.2 Å². The van der Waals surface area contributed by atoms with Gasteiger partial charge in [-0.15, -0.1) is 0 Å². The Bertz CT molecular complexity index is 421. The van der Waals surface area contributed by atoms with Gasteiger partial charge in [-0.05, 0) is 51.4 Å². The average Bonchev–Trinajstić information content (AvgIpc) is 2.43. The molecular formula is C16H26ClNO2. The van der Waals surface area contributed by atoms with Crippen LogP contribution < -0.4 is 10.1 Å². The number of halogens is 1. The predicted octanol–water partition coefficient (Wildman–Crippen LogP) is 4.20. The number of nitrogens with one attached hydrogen (secondary N) is 1. The topological polar surface area (TPSA) is 30.5 Å². The lowest BCUT2D eigenvalue weighted by atomic mass is 9.93. The highest BCUT2D eigenvalue weighted by Gasteiger charge is 2.25. The molecule has 0 aromatic heterocycles. The molecule has 0 bridgehead atoms. The fourth-order valence-electron chi connectivity index (χ4n) is 2.16. The first kappa shape index (κ1) is 17.3. The van der Waals surface area contributed by atoms with Crippen LogP contribution >= 0.6 is 11.6 Å². The molecule has 1 unspecified atom stereocenters. The molecule has 0 amide bonds. The third-order valence-electron chi connectivity index (χ3n) is 3.46. The van der Waals surface area contributed by atoms with Crippen LogP contribution in [0.3, 0.4) is 0 Å². The van der Waals surface area contributed by atoms with Crippen molar-refractivity contribution >= 4 is 11.6 Å². The lowest BCUT2D eigenvalue weighted by molar-refractivity contribution is 0.00668. The van der Waals surface area contributed by atoms with Crippen LogP contribution in [0.15, 0.2) is 18.2 Å². The van der Waals surface area contributed by atoms with Crippen molar-refractivity contribution in [1.29, 1.82) is 0 Å². The number of ether oxygens (including phenoxy) is 2. The average molecular weight is 300 g/mol. The molecule has 0 fully saturated rings. The Balaban J connectivity index is 3.06. The highest BCUT2D eigenvalue weighted by atomic mass is 35.5. The lowest BCUT2D eigenvalue weighted by Gasteiger charge is -2.30. The maximum Gasteiger partial charge on any atom is 0.123 e. The summed E-state index contributed by atoms with van der Waals surface area (Å²) in [4.78, 5) is 0. The Morgan fingerprint density at radius 3 is 2.55 bits per heavy atom. The van der Waals surface area contributed by atoms with Gasteiger partial charge in [-0.3, -0.25) is 0 Å². The van der Waals surface area contributed by atoms with Crippen molar-refractivity contribution in [3.8, 4) is 5.75 Å². The molecule has 1 aromatic carbocycles. The maximum atomic E-state index is 6.14. The van der Waals surface area contributed by atoms with Gasteiger partial charge < -0.3 is 14.8 Å². The van der Waals surface area contributed by atoms with Gasteiger partial charge in [-0.2, -0.15) is 0 Å². The summed E-state index contributed by atoms with van der Waals surface area (Å²) in [6, 6.07) is 5.89. The highest BCUT2D eigenvalue weighted by Crippen LogP contribution is 2.33. The van der Waals surface area contributed by atoms with Crippen LogP contribution in [0.1, 0.15) is 45.2 Å². The van der Waals surface area contributed by atoms with E-state index in [0.29, 0.717) is 0 Å². The van der Waals surface area contributed by atoms with Gasteiger partial charge >= 0.3 is 0 Å². The standard InChI is InChI=1S/C16H26ClNO2/c1-6-9-18-14(11-16(2,3)20-5)13-10-12(17)7-8-15(13)19-4/h7-8,10,14,18H,6,9,11H2,1-5H3. The molecule has 114 valence electrons. The first-order valence-electron chi connectivity index (χ1n) is 7.05. The van der Waals surface area contributed by atoms with Crippen LogP contribution in [0.4, 0.5) is 0 Å². The molecular weight excluding hydrogens is 274 g/mol. The zero-order valence-electron chi connectivity index (χ0n) is 13.1. The Kier molecular flexibility index (Phi) is 6.80. The molecule has 0 saturated carbocycles. The number of benzene rings is 1. The van der Waals surface area contributed by atoms with Gasteiger partial charge in [0.25, 0.3) is 0 Å². The summed E-state index contributed by atoms with van der Waals surface area (Å²) in [6.07, 6.45) is 1.92. The zero-order valence-corrected chi connectivity index (χ0v) is 13.9. The lowest BCUT2D eigenvalue weighted by Crippen LogP contribution is -2.32. The summed E-state index contributed by atoms with van der Waals surface area (Å²) in [5.74, 6) is 0.856. The fraction of sp³-hybridized carbons (Fsp3) is 0.625. The van der Waals surface area contributed by atoms with Gasteiger partial charge in [-0.25, -0.2) is 0 Å². The molecule has 0 aliphatic carbocycles. The first-order valence-corrected chi connectivity index (χ1v) is 7.43. The molecule has 1 aromatic rings. The van der Waals surface area contributed by atoms with Crippen molar-refractivity contribution in [3.63, 3.8) is 0 Å². The number of hydrogen-bond donors (Lipinski definition) is 1. The molecule has 1 rings (SSSR count). The van der Waals surface area contributed by atoms with Gasteiger partial charge in [0.2, 0.25) is 0 Å². The first-order chi connectivity index (χ1) is 9.43. The second-order valence-electron chi connectivity index (χ2n) is 5.56. The molecule has 20 heavy (non-hydrogen) atoms. The largest absolute Gasteiger partial charge is 0.496 e. The molecule has 4 heteroatoms. The van der Waals surface area contributed by atoms with Crippen LogP contribution in [0, 0.1) is 0 Å². The summed E-state index contributed by atoms with van der Waals surface area (Å²) in [6.45, 7) is 7.27. The molecule has 1 atom stereocenters. The second kappa shape index (κ2) is 7.87. The quantitative estimate of drug-likeness (QED) is 0.780. The predicted molar refractivity (Wildman–Crippen MR) is 84.7 cm³/mol. The van der Waals surface area contributed by atoms with Crippen LogP contribution in [-0.4, -0.2) is 26.4 Å². The van der Waals surface area contributed by atoms with Crippen molar-refractivity contribution in [3.05, 3.63) is 28.8 Å². The number of hydrogen-bond acceptors (Lipinski definition) is 3. The van der Waals surface area contributed by atoms with Crippen molar-refractivity contribution < 1.29 is 9.47 Å². The Hall–Kier alpha value is -0.770. The van der Waals surface area contributed by atoms with E-state index in [-0.39, 0.29) is 11.6 Å². The molecule has 0 aliphatic rings. The maximum absolute atomic E-state index is 6.14. The monoisotopic (exact) mass is 299 g/mol. The summed E-state index contributed by atoms with van der Waals surface area (Å²) in [5, 5.41) is 4.28. The third-order valence-corrected chi connectivity index (χ3v) is 3.69. The molecule has 0 saturated heterocycles. The Morgan fingerprint density at radius 1 is 1.30 bits per heavy atom. The summed E-state index contributed by atoms with van der Waals surface area (Å²) in [5.41, 5.74) is 0.872. The van der Waals surface area contributed by atoms with E-state index in [1.54, 1.807) is 14.2 Å². The van der Waals surface area contributed by atoms with Gasteiger partial charge in [0.1, 0.15) is 5.75 Å². The van der Waals surface area contributed by atoms with Crippen LogP contribution in [0.2, 0.25) is 5.02 Å². The smallest absolute Gasteiger partial charge is 0.123 e. The summed E-state index contributed by atoms with van der Waals surface area (Å²) >= 11 is 6.14. The van der Waals surface area contributed by atoms with E-state index < -0.39 is 0 Å². The van der Waals surface area contributed by atoms with E-state index in [0.717, 1.165) is 35.7 Å². The SMILES string of the molecule is CCCNC(CC(C)(C)OC)c1cc(Cl)ccc1OC. The van der Waals surface area contributed by atoms with Crippen molar-refractivity contribution in [2.75, 3.05) is 20.8 Å². The van der Waals surface area contributed by atoms with Crippen LogP contribution in [0.5, 0.6) is 5.75 Å². The molecule has 0 radical (unpaired) electrons. The molecule has 0 heterocycles. The van der Waals surface area contributed by atoms with Crippen molar-refractivity contribution in [2.45, 2.75) is 45.3 Å². The summed E-state index contributed by atoms with van der Waals surface area (Å²) in [7, 11) is 3.43. The minimum absolute atomic E-state index is 0.151. The summed E-state index contributed by atoms with van der Waals surface area (Å²) < 4.78 is 11.0. The molecule has 0 aliphatic heterocycles.